The Morgan fingerprint density at radius 3 is 2.24 bits per heavy atom. The number of nitrogens with zero attached hydrogens (tertiary/aromatic N) is 5. The standard InChI is InChI=1S/C37H40Cl2N8O3/c1-46-17-16-30(47(2)31-13-15-33(49)45-31)26-11-12-27(43-36(26)46)24-8-4-6-22(34(24)38)23-7-5-9-25(35(23)39)28-20-41-29(37(44-28)50-3)19-40-18-21-10-14-32(48)42-21/h4-9,11-12,20-21,30-31,40H,10,13-19H2,1-3H3,(H,42,48)(H,45,49)/t21-,30?,31-/m0/s1. The molecule has 260 valence electrons. The van der Waals surface area contributed by atoms with Crippen LogP contribution in [0.15, 0.2) is 54.7 Å². The van der Waals surface area contributed by atoms with Gasteiger partial charge in [-0.05, 0) is 32.4 Å². The maximum atomic E-state index is 11.9. The Kier molecular flexibility index (Phi) is 9.92. The summed E-state index contributed by atoms with van der Waals surface area (Å²) in [6, 6.07) is 16.1. The SMILES string of the molecule is COc1nc(-c2cccc(-c3cccc(-c4ccc5c(n4)N(C)CCC5N(C)[C@H]4CCC(=O)N4)c3Cl)c2Cl)cnc1CNC[C@@H]1CCC(=O)N1. The number of halogens is 2. The van der Waals surface area contributed by atoms with Crippen LogP contribution in [0.3, 0.4) is 0 Å². The predicted molar refractivity (Wildman–Crippen MR) is 195 cm³/mol. The second-order valence-electron chi connectivity index (χ2n) is 13.1. The number of hydrogen-bond donors (Lipinski definition) is 3. The predicted octanol–water partition coefficient (Wildman–Crippen LogP) is 5.61. The summed E-state index contributed by atoms with van der Waals surface area (Å²) in [4.78, 5) is 42.4. The number of pyridine rings is 1. The van der Waals surface area contributed by atoms with Gasteiger partial charge in [0.25, 0.3) is 0 Å². The molecule has 5 heterocycles. The van der Waals surface area contributed by atoms with Crippen LogP contribution in [0.2, 0.25) is 10.0 Å². The smallest absolute Gasteiger partial charge is 0.237 e. The average Bonchev–Trinajstić information content (AvgIpc) is 3.76. The zero-order valence-electron chi connectivity index (χ0n) is 28.3. The van der Waals surface area contributed by atoms with Gasteiger partial charge in [-0.15, -0.1) is 0 Å². The van der Waals surface area contributed by atoms with Crippen molar-refractivity contribution in [3.8, 4) is 39.5 Å². The Bertz CT molecular complexity index is 1940. The number of methoxy groups -OCH3 is 1. The van der Waals surface area contributed by atoms with Gasteiger partial charge in [0, 0.05) is 79.4 Å². The number of amides is 2. The Labute approximate surface area is 301 Å². The second kappa shape index (κ2) is 14.5. The number of benzene rings is 2. The van der Waals surface area contributed by atoms with Crippen LogP contribution in [0.25, 0.3) is 33.6 Å². The van der Waals surface area contributed by atoms with Gasteiger partial charge < -0.3 is 25.6 Å². The number of rotatable bonds is 10. The molecule has 0 radical (unpaired) electrons. The first kappa shape index (κ1) is 34.2. The second-order valence-corrected chi connectivity index (χ2v) is 13.9. The van der Waals surface area contributed by atoms with Crippen molar-refractivity contribution in [2.75, 3.05) is 39.2 Å². The van der Waals surface area contributed by atoms with E-state index in [2.05, 4.69) is 50.9 Å². The van der Waals surface area contributed by atoms with Gasteiger partial charge in [-0.25, -0.2) is 9.97 Å². The van der Waals surface area contributed by atoms with Crippen LogP contribution < -0.4 is 25.6 Å². The van der Waals surface area contributed by atoms with E-state index in [-0.39, 0.29) is 30.1 Å². The lowest BCUT2D eigenvalue weighted by Gasteiger charge is -2.39. The monoisotopic (exact) mass is 714 g/mol. The molecule has 0 aliphatic carbocycles. The minimum Gasteiger partial charge on any atom is -0.480 e. The number of carbonyl (C=O) groups is 2. The summed E-state index contributed by atoms with van der Waals surface area (Å²) in [6.07, 6.45) is 5.40. The van der Waals surface area contributed by atoms with Crippen molar-refractivity contribution in [1.29, 1.82) is 0 Å². The molecule has 50 heavy (non-hydrogen) atoms. The molecule has 3 N–H and O–H groups in total. The number of fused-ring (bicyclic) bond motifs is 1. The Morgan fingerprint density at radius 1 is 0.900 bits per heavy atom. The highest BCUT2D eigenvalue weighted by molar-refractivity contribution is 6.39. The topological polar surface area (TPSA) is 125 Å². The summed E-state index contributed by atoms with van der Waals surface area (Å²) in [7, 11) is 5.71. The van der Waals surface area contributed by atoms with E-state index < -0.39 is 0 Å². The highest BCUT2D eigenvalue weighted by Crippen LogP contribution is 2.43. The Balaban J connectivity index is 1.15. The molecule has 3 aliphatic rings. The van der Waals surface area contributed by atoms with Crippen LogP contribution in [0.5, 0.6) is 5.88 Å². The third-order valence-corrected chi connectivity index (χ3v) is 10.7. The Hall–Kier alpha value is -4.29. The molecule has 11 nitrogen and oxygen atoms in total. The lowest BCUT2D eigenvalue weighted by Crippen LogP contribution is -2.45. The summed E-state index contributed by atoms with van der Waals surface area (Å²) < 4.78 is 5.61. The molecule has 0 saturated carbocycles. The zero-order chi connectivity index (χ0) is 34.9. The quantitative estimate of drug-likeness (QED) is 0.192. The van der Waals surface area contributed by atoms with Gasteiger partial charge in [0.1, 0.15) is 11.5 Å². The number of anilines is 1. The van der Waals surface area contributed by atoms with E-state index in [1.807, 2.05) is 42.5 Å². The third-order valence-electron chi connectivity index (χ3n) is 9.93. The van der Waals surface area contributed by atoms with E-state index in [1.54, 1.807) is 13.3 Å². The van der Waals surface area contributed by atoms with E-state index in [1.165, 1.54) is 0 Å². The van der Waals surface area contributed by atoms with Crippen LogP contribution in [-0.2, 0) is 16.1 Å². The molecule has 2 amide bonds. The highest BCUT2D eigenvalue weighted by atomic mass is 35.5. The first-order valence-electron chi connectivity index (χ1n) is 16.9. The van der Waals surface area contributed by atoms with E-state index in [9.17, 15) is 9.59 Å². The molecule has 2 fully saturated rings. The fourth-order valence-corrected chi connectivity index (χ4v) is 7.83. The number of ether oxygens (including phenoxy) is 1. The molecule has 1 unspecified atom stereocenters. The van der Waals surface area contributed by atoms with Crippen molar-refractivity contribution in [1.82, 2.24) is 35.8 Å². The summed E-state index contributed by atoms with van der Waals surface area (Å²) in [6.45, 7) is 1.94. The molecule has 13 heteroatoms. The first-order chi connectivity index (χ1) is 24.2. The van der Waals surface area contributed by atoms with Gasteiger partial charge in [0.2, 0.25) is 17.7 Å². The van der Waals surface area contributed by atoms with Gasteiger partial charge >= 0.3 is 0 Å². The summed E-state index contributed by atoms with van der Waals surface area (Å²) in [5, 5.41) is 10.4. The molecule has 4 aromatic rings. The van der Waals surface area contributed by atoms with Crippen LogP contribution in [0.1, 0.15) is 49.4 Å². The number of nitrogens with one attached hydrogen (secondary N) is 3. The van der Waals surface area contributed by atoms with E-state index >= 15 is 0 Å². The number of hydrogen-bond acceptors (Lipinski definition) is 9. The maximum absolute atomic E-state index is 11.9. The first-order valence-corrected chi connectivity index (χ1v) is 17.7. The van der Waals surface area contributed by atoms with Gasteiger partial charge in [-0.1, -0.05) is 65.7 Å². The van der Waals surface area contributed by atoms with Crippen molar-refractivity contribution in [2.24, 2.45) is 0 Å². The number of aromatic nitrogens is 3. The van der Waals surface area contributed by atoms with Gasteiger partial charge in [-0.2, -0.15) is 0 Å². The van der Waals surface area contributed by atoms with Gasteiger partial charge in [0.15, 0.2) is 0 Å². The minimum absolute atomic E-state index is 0.0233. The van der Waals surface area contributed by atoms with Crippen LogP contribution in [0.4, 0.5) is 5.82 Å². The van der Waals surface area contributed by atoms with Crippen molar-refractivity contribution in [2.45, 2.75) is 56.9 Å². The summed E-state index contributed by atoms with van der Waals surface area (Å²) >= 11 is 14.3. The minimum atomic E-state index is 0.0233. The fourth-order valence-electron chi connectivity index (χ4n) is 7.18. The van der Waals surface area contributed by atoms with Crippen LogP contribution in [-0.4, -0.2) is 78.2 Å². The zero-order valence-corrected chi connectivity index (χ0v) is 29.8. The molecule has 3 atom stereocenters. The molecule has 3 aliphatic heterocycles. The fraction of sp³-hybridized carbons (Fsp3) is 0.378. The maximum Gasteiger partial charge on any atom is 0.237 e. The molecule has 2 aromatic heterocycles. The van der Waals surface area contributed by atoms with Crippen LogP contribution in [0, 0.1) is 0 Å². The molecule has 2 saturated heterocycles. The van der Waals surface area contributed by atoms with Crippen molar-refractivity contribution in [3.63, 3.8) is 0 Å². The van der Waals surface area contributed by atoms with Crippen molar-refractivity contribution >= 4 is 40.8 Å². The summed E-state index contributed by atoms with van der Waals surface area (Å²) in [5.41, 5.74) is 6.17. The molecular weight excluding hydrogens is 675 g/mol. The van der Waals surface area contributed by atoms with E-state index in [0.29, 0.717) is 58.8 Å². The number of carbonyl (C=O) groups excluding carboxylic acids is 2. The molecule has 0 spiro atoms. The van der Waals surface area contributed by atoms with E-state index in [4.69, 9.17) is 37.9 Å². The average molecular weight is 716 g/mol. The molecule has 0 bridgehead atoms. The molecular formula is C37H40Cl2N8O3. The largest absolute Gasteiger partial charge is 0.480 e. The third kappa shape index (κ3) is 6.75. The highest BCUT2D eigenvalue weighted by Gasteiger charge is 2.34. The summed E-state index contributed by atoms with van der Waals surface area (Å²) in [5.74, 6) is 1.50. The lowest BCUT2D eigenvalue weighted by atomic mass is 9.95. The van der Waals surface area contributed by atoms with Crippen molar-refractivity contribution < 1.29 is 14.3 Å². The normalized spacial score (nSPS) is 20.2. The van der Waals surface area contributed by atoms with Gasteiger partial charge in [0.05, 0.1) is 40.9 Å². The van der Waals surface area contributed by atoms with Gasteiger partial charge in [-0.3, -0.25) is 19.5 Å². The lowest BCUT2D eigenvalue weighted by molar-refractivity contribution is -0.120. The molecule has 7 rings (SSSR count). The van der Waals surface area contributed by atoms with Crippen molar-refractivity contribution in [3.05, 3.63) is 76.0 Å². The Morgan fingerprint density at radius 2 is 1.58 bits per heavy atom. The molecule has 2 aromatic carbocycles. The van der Waals surface area contributed by atoms with Crippen LogP contribution >= 0.6 is 23.2 Å². The van der Waals surface area contributed by atoms with E-state index in [0.717, 1.165) is 59.6 Å².